The van der Waals surface area contributed by atoms with Crippen LogP contribution in [-0.4, -0.2) is 25.1 Å². The van der Waals surface area contributed by atoms with E-state index >= 15 is 0 Å². The molecular formula is C16H19N3O2. The third-order valence-electron chi connectivity index (χ3n) is 3.14. The SMILES string of the molecule is CN(C)c1ccc(N)cc1C(=O)Nc1ccc(CO)cc1. The number of nitrogens with one attached hydrogen (secondary N) is 1. The Balaban J connectivity index is 2.25. The fourth-order valence-corrected chi connectivity index (χ4v) is 2.02. The minimum absolute atomic E-state index is 0.0196. The average molecular weight is 285 g/mol. The second-order valence-electron chi connectivity index (χ2n) is 4.98. The molecule has 0 aliphatic heterocycles. The molecular weight excluding hydrogens is 266 g/mol. The Bertz CT molecular complexity index is 636. The number of nitrogens with zero attached hydrogens (tertiary/aromatic N) is 1. The number of aliphatic hydroxyl groups is 1. The molecule has 0 atom stereocenters. The Kier molecular flexibility index (Phi) is 4.45. The third-order valence-corrected chi connectivity index (χ3v) is 3.14. The molecule has 2 aromatic rings. The molecule has 0 aromatic heterocycles. The number of rotatable bonds is 4. The van der Waals surface area contributed by atoms with Crippen molar-refractivity contribution in [3.63, 3.8) is 0 Å². The monoisotopic (exact) mass is 285 g/mol. The first-order chi connectivity index (χ1) is 10.0. The number of aliphatic hydroxyl groups excluding tert-OH is 1. The maximum absolute atomic E-state index is 12.4. The fourth-order valence-electron chi connectivity index (χ4n) is 2.02. The van der Waals surface area contributed by atoms with Gasteiger partial charge < -0.3 is 21.1 Å². The van der Waals surface area contributed by atoms with Gasteiger partial charge in [-0.1, -0.05) is 12.1 Å². The summed E-state index contributed by atoms with van der Waals surface area (Å²) in [5.74, 6) is -0.220. The van der Waals surface area contributed by atoms with Crippen LogP contribution in [0.2, 0.25) is 0 Å². The zero-order valence-corrected chi connectivity index (χ0v) is 12.1. The first-order valence-corrected chi connectivity index (χ1v) is 6.59. The Hall–Kier alpha value is -2.53. The van der Waals surface area contributed by atoms with E-state index in [2.05, 4.69) is 5.32 Å². The van der Waals surface area contributed by atoms with E-state index in [9.17, 15) is 4.79 Å². The van der Waals surface area contributed by atoms with Crippen molar-refractivity contribution in [2.45, 2.75) is 6.61 Å². The summed E-state index contributed by atoms with van der Waals surface area (Å²) in [5, 5.41) is 11.8. The molecule has 0 unspecified atom stereocenters. The van der Waals surface area contributed by atoms with Crippen LogP contribution in [0.4, 0.5) is 17.1 Å². The Morgan fingerprint density at radius 1 is 1.19 bits per heavy atom. The molecule has 0 saturated carbocycles. The topological polar surface area (TPSA) is 78.6 Å². The van der Waals surface area contributed by atoms with Crippen LogP contribution in [-0.2, 0) is 6.61 Å². The van der Waals surface area contributed by atoms with Crippen molar-refractivity contribution in [2.75, 3.05) is 30.0 Å². The van der Waals surface area contributed by atoms with Gasteiger partial charge in [0.05, 0.1) is 12.2 Å². The molecule has 5 heteroatoms. The highest BCUT2D eigenvalue weighted by Crippen LogP contribution is 2.22. The molecule has 0 fully saturated rings. The zero-order valence-electron chi connectivity index (χ0n) is 12.1. The summed E-state index contributed by atoms with van der Waals surface area (Å²) in [6.45, 7) is -0.0196. The van der Waals surface area contributed by atoms with E-state index in [1.54, 1.807) is 36.4 Å². The lowest BCUT2D eigenvalue weighted by molar-refractivity contribution is 0.102. The van der Waals surface area contributed by atoms with Crippen molar-refractivity contribution in [3.05, 3.63) is 53.6 Å². The first kappa shape index (κ1) is 14.9. The number of anilines is 3. The molecule has 0 aliphatic carbocycles. The number of amides is 1. The number of carbonyl (C=O) groups is 1. The second kappa shape index (κ2) is 6.28. The highest BCUT2D eigenvalue weighted by Gasteiger charge is 2.13. The lowest BCUT2D eigenvalue weighted by atomic mass is 10.1. The Morgan fingerprint density at radius 2 is 1.86 bits per heavy atom. The fraction of sp³-hybridized carbons (Fsp3) is 0.188. The predicted octanol–water partition coefficient (Wildman–Crippen LogP) is 2.08. The number of nitrogens with two attached hydrogens (primary N) is 1. The normalized spacial score (nSPS) is 10.2. The smallest absolute Gasteiger partial charge is 0.257 e. The number of hydrogen-bond donors (Lipinski definition) is 3. The molecule has 2 rings (SSSR count). The predicted molar refractivity (Wildman–Crippen MR) is 85.5 cm³/mol. The zero-order chi connectivity index (χ0) is 15.4. The Morgan fingerprint density at radius 3 is 2.43 bits per heavy atom. The van der Waals surface area contributed by atoms with Crippen LogP contribution < -0.4 is 16.0 Å². The summed E-state index contributed by atoms with van der Waals surface area (Å²) >= 11 is 0. The summed E-state index contributed by atoms with van der Waals surface area (Å²) in [6, 6.07) is 12.3. The molecule has 5 nitrogen and oxygen atoms in total. The van der Waals surface area contributed by atoms with Crippen molar-refractivity contribution in [3.8, 4) is 0 Å². The van der Waals surface area contributed by atoms with E-state index in [1.807, 2.05) is 25.1 Å². The van der Waals surface area contributed by atoms with Crippen LogP contribution in [0.5, 0.6) is 0 Å². The van der Waals surface area contributed by atoms with Gasteiger partial charge in [-0.25, -0.2) is 0 Å². The number of hydrogen-bond acceptors (Lipinski definition) is 4. The number of nitrogen functional groups attached to an aromatic ring is 1. The summed E-state index contributed by atoms with van der Waals surface area (Å²) in [5.41, 5.74) is 9.10. The molecule has 4 N–H and O–H groups in total. The molecule has 110 valence electrons. The van der Waals surface area contributed by atoms with Gasteiger partial charge in [0, 0.05) is 31.2 Å². The summed E-state index contributed by atoms with van der Waals surface area (Å²) < 4.78 is 0. The van der Waals surface area contributed by atoms with Gasteiger partial charge in [0.15, 0.2) is 0 Å². The average Bonchev–Trinajstić information content (AvgIpc) is 2.47. The molecule has 21 heavy (non-hydrogen) atoms. The molecule has 0 bridgehead atoms. The van der Waals surface area contributed by atoms with Gasteiger partial charge in [0.25, 0.3) is 5.91 Å². The van der Waals surface area contributed by atoms with Gasteiger partial charge in [-0.2, -0.15) is 0 Å². The van der Waals surface area contributed by atoms with Gasteiger partial charge in [0.1, 0.15) is 0 Å². The maximum Gasteiger partial charge on any atom is 0.257 e. The summed E-state index contributed by atoms with van der Waals surface area (Å²) in [7, 11) is 3.75. The first-order valence-electron chi connectivity index (χ1n) is 6.59. The largest absolute Gasteiger partial charge is 0.399 e. The highest BCUT2D eigenvalue weighted by molar-refractivity contribution is 6.08. The van der Waals surface area contributed by atoms with Crippen molar-refractivity contribution >= 4 is 23.0 Å². The van der Waals surface area contributed by atoms with Gasteiger partial charge in [-0.15, -0.1) is 0 Å². The summed E-state index contributed by atoms with van der Waals surface area (Å²) in [6.07, 6.45) is 0. The van der Waals surface area contributed by atoms with Crippen molar-refractivity contribution in [1.82, 2.24) is 0 Å². The Labute approximate surface area is 124 Å². The van der Waals surface area contributed by atoms with Gasteiger partial charge in [-0.3, -0.25) is 4.79 Å². The second-order valence-corrected chi connectivity index (χ2v) is 4.98. The third kappa shape index (κ3) is 3.52. The molecule has 0 spiro atoms. The lowest BCUT2D eigenvalue weighted by Crippen LogP contribution is -2.18. The highest BCUT2D eigenvalue weighted by atomic mass is 16.3. The van der Waals surface area contributed by atoms with Crippen LogP contribution in [0.15, 0.2) is 42.5 Å². The standard InChI is InChI=1S/C16H19N3O2/c1-19(2)15-8-5-12(17)9-14(15)16(21)18-13-6-3-11(10-20)4-7-13/h3-9,20H,10,17H2,1-2H3,(H,18,21). The molecule has 0 radical (unpaired) electrons. The van der Waals surface area contributed by atoms with E-state index in [-0.39, 0.29) is 12.5 Å². The van der Waals surface area contributed by atoms with Gasteiger partial charge >= 0.3 is 0 Å². The minimum Gasteiger partial charge on any atom is -0.399 e. The van der Waals surface area contributed by atoms with Crippen molar-refractivity contribution < 1.29 is 9.90 Å². The van der Waals surface area contributed by atoms with Gasteiger partial charge in [0.2, 0.25) is 0 Å². The van der Waals surface area contributed by atoms with E-state index < -0.39 is 0 Å². The van der Waals surface area contributed by atoms with Crippen LogP contribution in [0.1, 0.15) is 15.9 Å². The van der Waals surface area contributed by atoms with Crippen LogP contribution in [0.3, 0.4) is 0 Å². The van der Waals surface area contributed by atoms with E-state index in [4.69, 9.17) is 10.8 Å². The van der Waals surface area contributed by atoms with Crippen LogP contribution in [0, 0.1) is 0 Å². The molecule has 0 heterocycles. The number of benzene rings is 2. The molecule has 2 aromatic carbocycles. The van der Waals surface area contributed by atoms with E-state index in [0.29, 0.717) is 16.9 Å². The minimum atomic E-state index is -0.220. The lowest BCUT2D eigenvalue weighted by Gasteiger charge is -2.17. The quantitative estimate of drug-likeness (QED) is 0.752. The summed E-state index contributed by atoms with van der Waals surface area (Å²) in [4.78, 5) is 14.3. The number of carbonyl (C=O) groups excluding carboxylic acids is 1. The van der Waals surface area contributed by atoms with E-state index in [1.165, 1.54) is 0 Å². The molecule has 0 saturated heterocycles. The molecule has 1 amide bonds. The van der Waals surface area contributed by atoms with Gasteiger partial charge in [-0.05, 0) is 35.9 Å². The van der Waals surface area contributed by atoms with Crippen molar-refractivity contribution in [2.24, 2.45) is 0 Å². The van der Waals surface area contributed by atoms with E-state index in [0.717, 1.165) is 11.3 Å². The van der Waals surface area contributed by atoms with Crippen LogP contribution in [0.25, 0.3) is 0 Å². The van der Waals surface area contributed by atoms with Crippen molar-refractivity contribution in [1.29, 1.82) is 0 Å². The van der Waals surface area contributed by atoms with Crippen LogP contribution >= 0.6 is 0 Å². The maximum atomic E-state index is 12.4. The molecule has 0 aliphatic rings.